The third kappa shape index (κ3) is 2.53. The maximum atomic E-state index is 5.88. The van der Waals surface area contributed by atoms with Crippen molar-refractivity contribution in [3.63, 3.8) is 0 Å². The molecular formula is C14H23N3O. The van der Waals surface area contributed by atoms with Crippen molar-refractivity contribution in [3.05, 3.63) is 12.4 Å². The molecule has 0 bridgehead atoms. The summed E-state index contributed by atoms with van der Waals surface area (Å²) in [4.78, 5) is 2.39. The molecule has 4 nitrogen and oxygen atoms in total. The number of nitrogens with zero attached hydrogens (tertiary/aromatic N) is 3. The molecule has 0 amide bonds. The highest BCUT2D eigenvalue weighted by Gasteiger charge is 2.22. The van der Waals surface area contributed by atoms with Crippen LogP contribution in [0.3, 0.4) is 0 Å². The van der Waals surface area contributed by atoms with Crippen LogP contribution in [0.25, 0.3) is 0 Å². The third-order valence-electron chi connectivity index (χ3n) is 4.39. The van der Waals surface area contributed by atoms with E-state index >= 15 is 0 Å². The van der Waals surface area contributed by atoms with E-state index < -0.39 is 0 Å². The van der Waals surface area contributed by atoms with Gasteiger partial charge in [0.2, 0.25) is 0 Å². The van der Waals surface area contributed by atoms with Gasteiger partial charge in [0.1, 0.15) is 6.61 Å². The maximum Gasteiger partial charge on any atom is 0.157 e. The average molecular weight is 249 g/mol. The van der Waals surface area contributed by atoms with E-state index in [9.17, 15) is 0 Å². The Balaban J connectivity index is 1.53. The molecule has 1 aromatic heterocycles. The minimum Gasteiger partial charge on any atom is -0.489 e. The van der Waals surface area contributed by atoms with Crippen LogP contribution in [0, 0.1) is 0 Å². The lowest BCUT2D eigenvalue weighted by atomic mass is 10.2. The number of likely N-dealkylation sites (N-methyl/N-ethyl adjacent to an activating group) is 1. The van der Waals surface area contributed by atoms with Crippen molar-refractivity contribution in [2.45, 2.75) is 50.6 Å². The molecule has 0 aromatic carbocycles. The fraction of sp³-hybridized carbons (Fsp3) is 0.786. The summed E-state index contributed by atoms with van der Waals surface area (Å²) in [7, 11) is 2.18. The Morgan fingerprint density at radius 3 is 2.83 bits per heavy atom. The number of rotatable bonds is 4. The van der Waals surface area contributed by atoms with Gasteiger partial charge < -0.3 is 9.64 Å². The Morgan fingerprint density at radius 1 is 1.28 bits per heavy atom. The molecule has 3 rings (SSSR count). The SMILES string of the molecule is CN1CCCC1COc1cnn(C2CCCC2)c1. The number of hydrogen-bond donors (Lipinski definition) is 0. The zero-order chi connectivity index (χ0) is 12.4. The second-order valence-corrected chi connectivity index (χ2v) is 5.68. The van der Waals surface area contributed by atoms with Gasteiger partial charge in [-0.1, -0.05) is 12.8 Å². The van der Waals surface area contributed by atoms with Gasteiger partial charge in [-0.05, 0) is 39.3 Å². The third-order valence-corrected chi connectivity index (χ3v) is 4.39. The number of likely N-dealkylation sites (tertiary alicyclic amines) is 1. The van der Waals surface area contributed by atoms with Crippen LogP contribution >= 0.6 is 0 Å². The van der Waals surface area contributed by atoms with E-state index in [1.54, 1.807) is 0 Å². The second-order valence-electron chi connectivity index (χ2n) is 5.68. The highest BCUT2D eigenvalue weighted by atomic mass is 16.5. The Bertz CT molecular complexity index is 384. The molecule has 2 heterocycles. The van der Waals surface area contributed by atoms with Crippen LogP contribution in [0.4, 0.5) is 0 Å². The maximum absolute atomic E-state index is 5.88. The van der Waals surface area contributed by atoms with E-state index in [0.29, 0.717) is 12.1 Å². The van der Waals surface area contributed by atoms with Gasteiger partial charge in [0.15, 0.2) is 5.75 Å². The smallest absolute Gasteiger partial charge is 0.157 e. The van der Waals surface area contributed by atoms with E-state index in [2.05, 4.69) is 27.9 Å². The van der Waals surface area contributed by atoms with E-state index in [0.717, 1.165) is 12.4 Å². The molecule has 4 heteroatoms. The Labute approximate surface area is 109 Å². The normalized spacial score (nSPS) is 25.9. The molecule has 2 fully saturated rings. The lowest BCUT2D eigenvalue weighted by Crippen LogP contribution is -2.30. The summed E-state index contributed by atoms with van der Waals surface area (Å²) < 4.78 is 7.97. The van der Waals surface area contributed by atoms with Gasteiger partial charge in [-0.2, -0.15) is 5.10 Å². The van der Waals surface area contributed by atoms with Crippen molar-refractivity contribution < 1.29 is 4.74 Å². The van der Waals surface area contributed by atoms with Crippen molar-refractivity contribution in [1.29, 1.82) is 0 Å². The summed E-state index contributed by atoms with van der Waals surface area (Å²) in [6.07, 6.45) is 11.7. The van der Waals surface area contributed by atoms with E-state index in [4.69, 9.17) is 4.74 Å². The van der Waals surface area contributed by atoms with Crippen LogP contribution in [0.1, 0.15) is 44.6 Å². The average Bonchev–Trinajstić information content (AvgIpc) is 3.08. The van der Waals surface area contributed by atoms with Crippen molar-refractivity contribution in [3.8, 4) is 5.75 Å². The quantitative estimate of drug-likeness (QED) is 0.821. The summed E-state index contributed by atoms with van der Waals surface area (Å²) in [6, 6.07) is 1.19. The van der Waals surface area contributed by atoms with Crippen molar-refractivity contribution in [2.24, 2.45) is 0 Å². The zero-order valence-electron chi connectivity index (χ0n) is 11.2. The van der Waals surface area contributed by atoms with E-state index in [-0.39, 0.29) is 0 Å². The van der Waals surface area contributed by atoms with Crippen LogP contribution in [0.5, 0.6) is 5.75 Å². The highest BCUT2D eigenvalue weighted by molar-refractivity contribution is 5.12. The monoisotopic (exact) mass is 249 g/mol. The van der Waals surface area contributed by atoms with Crippen molar-refractivity contribution >= 4 is 0 Å². The summed E-state index contributed by atoms with van der Waals surface area (Å²) in [6.45, 7) is 2.00. The van der Waals surface area contributed by atoms with Crippen molar-refractivity contribution in [1.82, 2.24) is 14.7 Å². The summed E-state index contributed by atoms with van der Waals surface area (Å²) in [5.74, 6) is 0.933. The first-order valence-corrected chi connectivity index (χ1v) is 7.20. The molecular weight excluding hydrogens is 226 g/mol. The van der Waals surface area contributed by atoms with Crippen LogP contribution in [-0.2, 0) is 0 Å². The van der Waals surface area contributed by atoms with Gasteiger partial charge in [0.25, 0.3) is 0 Å². The molecule has 1 saturated carbocycles. The molecule has 18 heavy (non-hydrogen) atoms. The van der Waals surface area contributed by atoms with E-state index in [1.165, 1.54) is 45.1 Å². The number of aromatic nitrogens is 2. The first-order chi connectivity index (χ1) is 8.83. The minimum absolute atomic E-state index is 0.583. The molecule has 1 atom stereocenters. The predicted octanol–water partition coefficient (Wildman–Crippen LogP) is 2.47. The fourth-order valence-electron chi connectivity index (χ4n) is 3.15. The first kappa shape index (κ1) is 12.0. The van der Waals surface area contributed by atoms with Gasteiger partial charge in [-0.3, -0.25) is 4.68 Å². The predicted molar refractivity (Wildman–Crippen MR) is 70.9 cm³/mol. The van der Waals surface area contributed by atoms with Gasteiger partial charge in [-0.15, -0.1) is 0 Å². The molecule has 0 spiro atoms. The van der Waals surface area contributed by atoms with Crippen molar-refractivity contribution in [2.75, 3.05) is 20.2 Å². The number of ether oxygens (including phenoxy) is 1. The Morgan fingerprint density at radius 2 is 2.11 bits per heavy atom. The van der Waals surface area contributed by atoms with Gasteiger partial charge in [0.05, 0.1) is 18.4 Å². The molecule has 0 N–H and O–H groups in total. The Hall–Kier alpha value is -1.03. The first-order valence-electron chi connectivity index (χ1n) is 7.20. The lowest BCUT2D eigenvalue weighted by Gasteiger charge is -2.18. The second kappa shape index (κ2) is 5.31. The van der Waals surface area contributed by atoms with Gasteiger partial charge in [-0.25, -0.2) is 0 Å². The van der Waals surface area contributed by atoms with Crippen LogP contribution in [-0.4, -0.2) is 40.9 Å². The van der Waals surface area contributed by atoms with Crippen LogP contribution in [0.2, 0.25) is 0 Å². The van der Waals surface area contributed by atoms with E-state index in [1.807, 2.05) is 6.20 Å². The molecule has 100 valence electrons. The standard InChI is InChI=1S/C14H23N3O/c1-16-8-4-7-13(16)11-18-14-9-15-17(10-14)12-5-2-3-6-12/h9-10,12-13H,2-8,11H2,1H3. The fourth-order valence-corrected chi connectivity index (χ4v) is 3.15. The summed E-state index contributed by atoms with van der Waals surface area (Å²) in [5.41, 5.74) is 0. The summed E-state index contributed by atoms with van der Waals surface area (Å²) >= 11 is 0. The van der Waals surface area contributed by atoms with Gasteiger partial charge >= 0.3 is 0 Å². The minimum atomic E-state index is 0.583. The van der Waals surface area contributed by atoms with Crippen LogP contribution in [0.15, 0.2) is 12.4 Å². The lowest BCUT2D eigenvalue weighted by molar-refractivity contribution is 0.198. The molecule has 1 unspecified atom stereocenters. The number of hydrogen-bond acceptors (Lipinski definition) is 3. The van der Waals surface area contributed by atoms with Crippen LogP contribution < -0.4 is 4.74 Å². The zero-order valence-corrected chi connectivity index (χ0v) is 11.2. The Kier molecular flexibility index (Phi) is 3.55. The topological polar surface area (TPSA) is 30.3 Å². The van der Waals surface area contributed by atoms with Gasteiger partial charge in [0, 0.05) is 6.04 Å². The highest BCUT2D eigenvalue weighted by Crippen LogP contribution is 2.29. The molecule has 0 radical (unpaired) electrons. The largest absolute Gasteiger partial charge is 0.489 e. The molecule has 1 aliphatic carbocycles. The molecule has 2 aliphatic rings. The molecule has 1 aliphatic heterocycles. The molecule has 1 aromatic rings. The molecule has 1 saturated heterocycles. The summed E-state index contributed by atoms with van der Waals surface area (Å²) in [5, 5.41) is 4.44.